The third kappa shape index (κ3) is 4.08. The van der Waals surface area contributed by atoms with E-state index in [1.165, 1.54) is 12.1 Å². The van der Waals surface area contributed by atoms with Gasteiger partial charge in [-0.2, -0.15) is 22.0 Å². The van der Waals surface area contributed by atoms with Crippen molar-refractivity contribution in [3.05, 3.63) is 59.7 Å². The van der Waals surface area contributed by atoms with Gasteiger partial charge in [0, 0.05) is 6.54 Å². The molecule has 1 unspecified atom stereocenters. The molecule has 0 spiro atoms. The van der Waals surface area contributed by atoms with Crippen molar-refractivity contribution in [1.29, 1.82) is 0 Å². The van der Waals surface area contributed by atoms with Crippen molar-refractivity contribution in [2.45, 2.75) is 31.0 Å². The maximum atomic E-state index is 13.7. The molecule has 0 saturated carbocycles. The highest BCUT2D eigenvalue weighted by Gasteiger charge is 2.57. The van der Waals surface area contributed by atoms with Gasteiger partial charge < -0.3 is 10.2 Å². The molecule has 2 aromatic heterocycles. The lowest BCUT2D eigenvalue weighted by Crippen LogP contribution is -2.47. The van der Waals surface area contributed by atoms with E-state index in [9.17, 15) is 31.1 Å². The molecule has 1 aliphatic rings. The molecule has 0 aliphatic carbocycles. The molecule has 12 heteroatoms. The van der Waals surface area contributed by atoms with Crippen LogP contribution in [-0.2, 0) is 0 Å². The van der Waals surface area contributed by atoms with Gasteiger partial charge in [0.2, 0.25) is 0 Å². The fourth-order valence-corrected chi connectivity index (χ4v) is 3.66. The van der Waals surface area contributed by atoms with Gasteiger partial charge in [0.25, 0.3) is 5.91 Å². The lowest BCUT2D eigenvalue weighted by molar-refractivity contribution is -0.278. The van der Waals surface area contributed by atoms with Gasteiger partial charge >= 0.3 is 12.1 Å². The number of aromatic nitrogens is 3. The first kappa shape index (κ1) is 21.9. The van der Waals surface area contributed by atoms with Crippen LogP contribution in [0.2, 0.25) is 0 Å². The van der Waals surface area contributed by atoms with E-state index in [1.54, 1.807) is 29.6 Å². The van der Waals surface area contributed by atoms with Gasteiger partial charge in [-0.05, 0) is 42.7 Å². The minimum absolute atomic E-state index is 0.165. The molecule has 1 aromatic carbocycles. The number of carbonyl (C=O) groups is 1. The van der Waals surface area contributed by atoms with Gasteiger partial charge in [0.1, 0.15) is 11.6 Å². The van der Waals surface area contributed by atoms with Crippen LogP contribution < -0.4 is 10.2 Å². The van der Waals surface area contributed by atoms with Gasteiger partial charge in [0.05, 0.1) is 18.8 Å². The summed E-state index contributed by atoms with van der Waals surface area (Å²) in [4.78, 5) is 18.1. The number of nitrogens with one attached hydrogen (secondary N) is 1. The molecule has 0 radical (unpaired) electrons. The first-order valence-corrected chi connectivity index (χ1v) is 9.66. The number of fused-ring (bicyclic) bond motifs is 1. The summed E-state index contributed by atoms with van der Waals surface area (Å²) in [6.07, 6.45) is -3.19. The SMILES string of the molecule is O=C(NCC(F)(F)C(F)(F)F)c1cnc2ccc(N3CCCC3c3cccc(F)c3)nn12. The molecule has 3 heterocycles. The number of hydrogen-bond donors (Lipinski definition) is 1. The Bertz CT molecular complexity index is 1140. The van der Waals surface area contributed by atoms with Crippen LogP contribution in [0.4, 0.5) is 32.2 Å². The third-order valence-electron chi connectivity index (χ3n) is 5.25. The van der Waals surface area contributed by atoms with E-state index in [4.69, 9.17) is 0 Å². The smallest absolute Gasteiger partial charge is 0.348 e. The van der Waals surface area contributed by atoms with E-state index in [1.807, 2.05) is 4.90 Å². The molecule has 1 saturated heterocycles. The lowest BCUT2D eigenvalue weighted by atomic mass is 10.0. The predicted octanol–water partition coefficient (Wildman–Crippen LogP) is 4.14. The molecule has 1 amide bonds. The van der Waals surface area contributed by atoms with Crippen molar-refractivity contribution < 1.29 is 31.1 Å². The van der Waals surface area contributed by atoms with Gasteiger partial charge in [-0.3, -0.25) is 4.79 Å². The number of benzene rings is 1. The first-order valence-electron chi connectivity index (χ1n) is 9.66. The second-order valence-corrected chi connectivity index (χ2v) is 7.40. The molecule has 1 fully saturated rings. The minimum atomic E-state index is -5.78. The van der Waals surface area contributed by atoms with Crippen LogP contribution in [0.3, 0.4) is 0 Å². The highest BCUT2D eigenvalue weighted by atomic mass is 19.4. The van der Waals surface area contributed by atoms with Crippen molar-refractivity contribution >= 4 is 17.4 Å². The molecule has 32 heavy (non-hydrogen) atoms. The van der Waals surface area contributed by atoms with E-state index in [2.05, 4.69) is 10.1 Å². The van der Waals surface area contributed by atoms with E-state index in [0.717, 1.165) is 29.1 Å². The van der Waals surface area contributed by atoms with Gasteiger partial charge in [-0.25, -0.2) is 13.9 Å². The molecule has 6 nitrogen and oxygen atoms in total. The van der Waals surface area contributed by atoms with E-state index in [-0.39, 0.29) is 23.2 Å². The summed E-state index contributed by atoms with van der Waals surface area (Å²) in [5.74, 6) is -6.19. The van der Waals surface area contributed by atoms with Crippen LogP contribution >= 0.6 is 0 Å². The number of hydrogen-bond acceptors (Lipinski definition) is 4. The van der Waals surface area contributed by atoms with Crippen molar-refractivity contribution in [2.75, 3.05) is 18.0 Å². The number of carbonyl (C=O) groups excluding carboxylic acids is 1. The maximum absolute atomic E-state index is 13.7. The monoisotopic (exact) mass is 457 g/mol. The highest BCUT2D eigenvalue weighted by Crippen LogP contribution is 2.36. The minimum Gasteiger partial charge on any atom is -0.348 e. The average Bonchev–Trinajstić information content (AvgIpc) is 3.38. The molecule has 1 N–H and O–H groups in total. The zero-order valence-electron chi connectivity index (χ0n) is 16.4. The number of amides is 1. The molecule has 1 atom stereocenters. The normalized spacial score (nSPS) is 17.2. The summed E-state index contributed by atoms with van der Waals surface area (Å²) in [7, 11) is 0. The Morgan fingerprint density at radius 2 is 1.94 bits per heavy atom. The maximum Gasteiger partial charge on any atom is 0.455 e. The van der Waals surface area contributed by atoms with E-state index < -0.39 is 24.6 Å². The average molecular weight is 457 g/mol. The summed E-state index contributed by atoms with van der Waals surface area (Å²) in [6.45, 7) is -1.30. The Morgan fingerprint density at radius 3 is 2.66 bits per heavy atom. The number of nitrogens with zero attached hydrogens (tertiary/aromatic N) is 4. The number of imidazole rings is 1. The zero-order chi connectivity index (χ0) is 23.1. The number of rotatable bonds is 5. The Kier molecular flexibility index (Phi) is 5.47. The number of halogens is 6. The van der Waals surface area contributed by atoms with Crippen molar-refractivity contribution in [1.82, 2.24) is 19.9 Å². The van der Waals surface area contributed by atoms with E-state index in [0.29, 0.717) is 12.4 Å². The van der Waals surface area contributed by atoms with Crippen LogP contribution in [0.1, 0.15) is 34.9 Å². The quantitative estimate of drug-likeness (QED) is 0.586. The number of anilines is 1. The summed E-state index contributed by atoms with van der Waals surface area (Å²) in [5.41, 5.74) is 0.673. The predicted molar refractivity (Wildman–Crippen MR) is 102 cm³/mol. The van der Waals surface area contributed by atoms with E-state index >= 15 is 0 Å². The summed E-state index contributed by atoms with van der Waals surface area (Å²) in [6, 6.07) is 9.20. The topological polar surface area (TPSA) is 62.5 Å². The second kappa shape index (κ2) is 7.99. The van der Waals surface area contributed by atoms with Gasteiger partial charge in [-0.1, -0.05) is 12.1 Å². The van der Waals surface area contributed by atoms with Crippen molar-refractivity contribution in [3.63, 3.8) is 0 Å². The number of alkyl halides is 5. The molecule has 0 bridgehead atoms. The lowest BCUT2D eigenvalue weighted by Gasteiger charge is -2.26. The van der Waals surface area contributed by atoms with Gasteiger partial charge in [-0.15, -0.1) is 5.10 Å². The molecular weight excluding hydrogens is 440 g/mol. The van der Waals surface area contributed by atoms with Crippen LogP contribution in [-0.4, -0.2) is 45.7 Å². The Balaban J connectivity index is 1.59. The Morgan fingerprint density at radius 1 is 1.16 bits per heavy atom. The zero-order valence-corrected chi connectivity index (χ0v) is 16.4. The standard InChI is InChI=1S/C20H17F6N5O/c21-13-4-1-3-12(9-13)14-5-2-8-30(14)17-7-6-16-27-10-15(31(16)29-17)18(32)28-11-19(22,23)20(24,25)26/h1,3-4,6-7,9-10,14H,2,5,8,11H2,(H,28,32). The molecule has 170 valence electrons. The van der Waals surface area contributed by atoms with Crippen LogP contribution in [0.15, 0.2) is 42.6 Å². The largest absolute Gasteiger partial charge is 0.455 e. The fraction of sp³-hybridized carbons (Fsp3) is 0.350. The van der Waals surface area contributed by atoms with Crippen LogP contribution in [0.25, 0.3) is 5.65 Å². The molecule has 3 aromatic rings. The van der Waals surface area contributed by atoms with Crippen LogP contribution in [0.5, 0.6) is 0 Å². The Labute approximate surface area is 177 Å². The molecule has 4 rings (SSSR count). The highest BCUT2D eigenvalue weighted by molar-refractivity contribution is 5.93. The summed E-state index contributed by atoms with van der Waals surface area (Å²) in [5, 5.41) is 5.93. The fourth-order valence-electron chi connectivity index (χ4n) is 3.66. The Hall–Kier alpha value is -3.31. The van der Waals surface area contributed by atoms with Crippen molar-refractivity contribution in [3.8, 4) is 0 Å². The van der Waals surface area contributed by atoms with Gasteiger partial charge in [0.15, 0.2) is 11.3 Å². The second-order valence-electron chi connectivity index (χ2n) is 7.40. The summed E-state index contributed by atoms with van der Waals surface area (Å²) < 4.78 is 78.1. The van der Waals surface area contributed by atoms with Crippen molar-refractivity contribution in [2.24, 2.45) is 0 Å². The molecular formula is C20H17F6N5O. The van der Waals surface area contributed by atoms with Crippen LogP contribution in [0, 0.1) is 5.82 Å². The third-order valence-corrected chi connectivity index (χ3v) is 5.25. The summed E-state index contributed by atoms with van der Waals surface area (Å²) >= 11 is 0. The molecule has 1 aliphatic heterocycles. The first-order chi connectivity index (χ1) is 15.1.